The Morgan fingerprint density at radius 1 is 1.00 bits per heavy atom. The van der Waals surface area contributed by atoms with Crippen molar-refractivity contribution in [3.8, 4) is 0 Å². The molecule has 0 aliphatic heterocycles. The monoisotopic (exact) mass is 408 g/mol. The lowest BCUT2D eigenvalue weighted by molar-refractivity contribution is -0.138. The second kappa shape index (κ2) is 11.5. The minimum atomic E-state index is -0.285. The molecule has 1 amide bonds. The molecule has 0 aromatic carbocycles. The number of amides is 1. The molecule has 0 spiro atoms. The Kier molecular flexibility index (Phi) is 10.9. The van der Waals surface area contributed by atoms with E-state index in [1.807, 2.05) is 33.9 Å². The van der Waals surface area contributed by atoms with Crippen LogP contribution in [0.1, 0.15) is 69.2 Å². The second-order valence-electron chi connectivity index (χ2n) is 10.2. The third-order valence-corrected chi connectivity index (χ3v) is 4.98. The Morgan fingerprint density at radius 2 is 1.55 bits per heavy atom. The molecule has 0 radical (unpaired) electrons. The maximum atomic E-state index is 12.9. The van der Waals surface area contributed by atoms with Gasteiger partial charge >= 0.3 is 5.97 Å². The third kappa shape index (κ3) is 9.62. The van der Waals surface area contributed by atoms with Gasteiger partial charge in [-0.25, -0.2) is 4.79 Å². The molecular formula is C24H44N2O3. The van der Waals surface area contributed by atoms with E-state index in [1.54, 1.807) is 13.8 Å². The van der Waals surface area contributed by atoms with E-state index >= 15 is 0 Å². The molecule has 0 aliphatic rings. The number of rotatable bonds is 9. The maximum Gasteiger partial charge on any atom is 0.333 e. The largest absolute Gasteiger partial charge is 0.463 e. The standard InChI is InChI=1S/C24H44N2O3/c1-12-29-22(28)17(4)15-18(16(2)3)13-14-19(23(5,6)7)26-21(27)20(25-11)24(8,9)10/h13-16,18-20,25H,12H2,1-11H3,(H,26,27)/b14-13+,17-15+. The average molecular weight is 409 g/mol. The highest BCUT2D eigenvalue weighted by Gasteiger charge is 2.33. The van der Waals surface area contributed by atoms with E-state index in [0.29, 0.717) is 18.1 Å². The minimum absolute atomic E-state index is 0.0103. The fraction of sp³-hybridized carbons (Fsp3) is 0.750. The number of nitrogens with one attached hydrogen (secondary N) is 2. The Bertz CT molecular complexity index is 592. The normalized spacial score (nSPS) is 16.6. The molecule has 0 aromatic heterocycles. The lowest BCUT2D eigenvalue weighted by Crippen LogP contribution is -2.54. The third-order valence-electron chi connectivity index (χ3n) is 4.98. The summed E-state index contributed by atoms with van der Waals surface area (Å²) in [5.74, 6) is 0.0913. The smallest absolute Gasteiger partial charge is 0.333 e. The molecular weight excluding hydrogens is 364 g/mol. The van der Waals surface area contributed by atoms with E-state index < -0.39 is 0 Å². The van der Waals surface area contributed by atoms with Crippen LogP contribution in [-0.2, 0) is 14.3 Å². The summed E-state index contributed by atoms with van der Waals surface area (Å²) in [7, 11) is 1.81. The van der Waals surface area contributed by atoms with E-state index in [-0.39, 0.29) is 40.7 Å². The molecule has 0 saturated heterocycles. The van der Waals surface area contributed by atoms with Crippen LogP contribution >= 0.6 is 0 Å². The van der Waals surface area contributed by atoms with Crippen molar-refractivity contribution in [3.05, 3.63) is 23.8 Å². The lowest BCUT2D eigenvalue weighted by atomic mass is 9.82. The summed E-state index contributed by atoms with van der Waals surface area (Å²) in [5.41, 5.74) is 0.267. The van der Waals surface area contributed by atoms with Gasteiger partial charge in [0.1, 0.15) is 0 Å². The van der Waals surface area contributed by atoms with E-state index in [9.17, 15) is 9.59 Å². The number of carbonyl (C=O) groups excluding carboxylic acids is 2. The zero-order valence-corrected chi connectivity index (χ0v) is 20.5. The molecule has 0 rings (SSSR count). The first-order valence-electron chi connectivity index (χ1n) is 10.7. The van der Waals surface area contributed by atoms with Crippen LogP contribution in [0.5, 0.6) is 0 Å². The Morgan fingerprint density at radius 3 is 1.93 bits per heavy atom. The summed E-state index contributed by atoms with van der Waals surface area (Å²) in [6.07, 6.45) is 6.11. The lowest BCUT2D eigenvalue weighted by Gasteiger charge is -2.34. The Labute approximate surface area is 178 Å². The van der Waals surface area contributed by atoms with Crippen molar-refractivity contribution in [2.24, 2.45) is 22.7 Å². The molecule has 5 heteroatoms. The van der Waals surface area contributed by atoms with Gasteiger partial charge in [0, 0.05) is 5.57 Å². The highest BCUT2D eigenvalue weighted by Crippen LogP contribution is 2.25. The Hall–Kier alpha value is -1.62. The molecule has 0 saturated carbocycles. The van der Waals surface area contributed by atoms with E-state index in [1.165, 1.54) is 0 Å². The van der Waals surface area contributed by atoms with Crippen molar-refractivity contribution >= 4 is 11.9 Å². The number of carbonyl (C=O) groups is 2. The molecule has 5 nitrogen and oxygen atoms in total. The average Bonchev–Trinajstić information content (AvgIpc) is 2.55. The SMILES string of the molecule is CCOC(=O)/C(C)=C/C(/C=C/C(NC(=O)C(NC)C(C)(C)C)C(C)(C)C)C(C)C. The van der Waals surface area contributed by atoms with Crippen LogP contribution < -0.4 is 10.6 Å². The van der Waals surface area contributed by atoms with Gasteiger partial charge in [-0.3, -0.25) is 4.79 Å². The van der Waals surface area contributed by atoms with Crippen LogP contribution in [0.4, 0.5) is 0 Å². The summed E-state index contributed by atoms with van der Waals surface area (Å²) in [5, 5.41) is 6.34. The number of hydrogen-bond acceptors (Lipinski definition) is 4. The van der Waals surface area contributed by atoms with Crippen LogP contribution in [0.2, 0.25) is 0 Å². The Balaban J connectivity index is 5.63. The zero-order valence-electron chi connectivity index (χ0n) is 20.5. The van der Waals surface area contributed by atoms with Crippen LogP contribution in [0.25, 0.3) is 0 Å². The molecule has 29 heavy (non-hydrogen) atoms. The van der Waals surface area contributed by atoms with Gasteiger partial charge in [-0.05, 0) is 43.6 Å². The number of esters is 1. The van der Waals surface area contributed by atoms with Crippen molar-refractivity contribution in [3.63, 3.8) is 0 Å². The van der Waals surface area contributed by atoms with Crippen LogP contribution in [0, 0.1) is 22.7 Å². The maximum absolute atomic E-state index is 12.9. The van der Waals surface area contributed by atoms with Crippen LogP contribution in [0.15, 0.2) is 23.8 Å². The predicted molar refractivity (Wildman–Crippen MR) is 122 cm³/mol. The van der Waals surface area contributed by atoms with Crippen LogP contribution in [-0.4, -0.2) is 37.6 Å². The van der Waals surface area contributed by atoms with E-state index in [4.69, 9.17) is 4.74 Å². The van der Waals surface area contributed by atoms with Gasteiger partial charge in [0.2, 0.25) is 5.91 Å². The van der Waals surface area contributed by atoms with Gasteiger partial charge in [-0.2, -0.15) is 0 Å². The first-order valence-corrected chi connectivity index (χ1v) is 10.7. The molecule has 3 atom stereocenters. The molecule has 0 heterocycles. The van der Waals surface area contributed by atoms with E-state index in [0.717, 1.165) is 0 Å². The molecule has 0 fully saturated rings. The zero-order chi connectivity index (χ0) is 23.0. The van der Waals surface area contributed by atoms with Crippen molar-refractivity contribution in [1.29, 1.82) is 0 Å². The van der Waals surface area contributed by atoms with Crippen molar-refractivity contribution < 1.29 is 14.3 Å². The van der Waals surface area contributed by atoms with Crippen molar-refractivity contribution in [2.75, 3.05) is 13.7 Å². The second-order valence-corrected chi connectivity index (χ2v) is 10.2. The van der Waals surface area contributed by atoms with Crippen molar-refractivity contribution in [1.82, 2.24) is 10.6 Å². The first kappa shape index (κ1) is 27.4. The molecule has 168 valence electrons. The fourth-order valence-corrected chi connectivity index (χ4v) is 3.06. The van der Waals surface area contributed by atoms with E-state index in [2.05, 4.69) is 57.4 Å². The molecule has 3 unspecified atom stereocenters. The predicted octanol–water partition coefficient (Wildman–Crippen LogP) is 4.49. The number of hydrogen-bond donors (Lipinski definition) is 2. The van der Waals surface area contributed by atoms with Gasteiger partial charge in [0.05, 0.1) is 18.7 Å². The van der Waals surface area contributed by atoms with Gasteiger partial charge in [0.25, 0.3) is 0 Å². The topological polar surface area (TPSA) is 67.4 Å². The fourth-order valence-electron chi connectivity index (χ4n) is 3.06. The summed E-state index contributed by atoms with van der Waals surface area (Å²) >= 11 is 0. The van der Waals surface area contributed by atoms with Gasteiger partial charge in [-0.15, -0.1) is 0 Å². The van der Waals surface area contributed by atoms with Gasteiger partial charge < -0.3 is 15.4 Å². The van der Waals surface area contributed by atoms with Crippen LogP contribution in [0.3, 0.4) is 0 Å². The summed E-state index contributed by atoms with van der Waals surface area (Å²) in [6.45, 7) is 20.7. The van der Waals surface area contributed by atoms with Crippen molar-refractivity contribution in [2.45, 2.75) is 81.3 Å². The number of allylic oxidation sites excluding steroid dienone is 2. The molecule has 0 aliphatic carbocycles. The molecule has 0 aromatic rings. The van der Waals surface area contributed by atoms with Gasteiger partial charge in [-0.1, -0.05) is 73.6 Å². The number of likely N-dealkylation sites (N-methyl/N-ethyl adjacent to an activating group) is 1. The highest BCUT2D eigenvalue weighted by atomic mass is 16.5. The highest BCUT2D eigenvalue weighted by molar-refractivity contribution is 5.87. The molecule has 0 bridgehead atoms. The summed E-state index contributed by atoms with van der Waals surface area (Å²) < 4.78 is 5.09. The summed E-state index contributed by atoms with van der Waals surface area (Å²) in [4.78, 5) is 24.9. The van der Waals surface area contributed by atoms with Gasteiger partial charge in [0.15, 0.2) is 0 Å². The minimum Gasteiger partial charge on any atom is -0.463 e. The molecule has 2 N–H and O–H groups in total. The quantitative estimate of drug-likeness (QED) is 0.335. The first-order chi connectivity index (χ1) is 13.1. The number of ether oxygens (including phenoxy) is 1. The summed E-state index contributed by atoms with van der Waals surface area (Å²) in [6, 6.07) is -0.418.